The molecule has 0 saturated carbocycles. The topological polar surface area (TPSA) is 90.2 Å². The third kappa shape index (κ3) is 4.59. The van der Waals surface area contributed by atoms with Crippen LogP contribution in [0.4, 0.5) is 4.39 Å². The highest BCUT2D eigenvalue weighted by Gasteiger charge is 2.26. The summed E-state index contributed by atoms with van der Waals surface area (Å²) in [5.41, 5.74) is 1.50. The molecule has 1 aromatic heterocycles. The van der Waals surface area contributed by atoms with Crippen LogP contribution in [0.15, 0.2) is 51.4 Å². The SMILES string of the molecule is CN1C(C2=CCC(=O)NCCCN2CCF)=CC=NC1NC(=O)c1ccco1. The Morgan fingerprint density at radius 1 is 1.46 bits per heavy atom. The monoisotopic (exact) mass is 389 g/mol. The lowest BCUT2D eigenvalue weighted by Gasteiger charge is -2.36. The van der Waals surface area contributed by atoms with Gasteiger partial charge in [-0.05, 0) is 30.7 Å². The first-order chi connectivity index (χ1) is 13.6. The van der Waals surface area contributed by atoms with E-state index in [4.69, 9.17) is 4.42 Å². The predicted molar refractivity (Wildman–Crippen MR) is 102 cm³/mol. The van der Waals surface area contributed by atoms with Crippen LogP contribution in [-0.2, 0) is 4.79 Å². The van der Waals surface area contributed by atoms with Gasteiger partial charge >= 0.3 is 0 Å². The van der Waals surface area contributed by atoms with Crippen molar-refractivity contribution in [1.82, 2.24) is 20.4 Å². The zero-order valence-corrected chi connectivity index (χ0v) is 15.7. The smallest absolute Gasteiger partial charge is 0.290 e. The lowest BCUT2D eigenvalue weighted by molar-refractivity contribution is -0.120. The van der Waals surface area contributed by atoms with Gasteiger partial charge in [-0.1, -0.05) is 0 Å². The first-order valence-corrected chi connectivity index (χ1v) is 9.19. The number of carbonyl (C=O) groups is 2. The molecule has 0 aliphatic carbocycles. The van der Waals surface area contributed by atoms with Crippen LogP contribution in [-0.4, -0.2) is 67.5 Å². The molecule has 0 aromatic carbocycles. The lowest BCUT2D eigenvalue weighted by atomic mass is 10.1. The molecular weight excluding hydrogens is 365 g/mol. The van der Waals surface area contributed by atoms with E-state index in [0.29, 0.717) is 19.5 Å². The number of halogens is 1. The Balaban J connectivity index is 1.81. The minimum atomic E-state index is -0.646. The van der Waals surface area contributed by atoms with Gasteiger partial charge in [-0.3, -0.25) is 9.59 Å². The van der Waals surface area contributed by atoms with Gasteiger partial charge in [0, 0.05) is 39.3 Å². The Labute approximate surface area is 162 Å². The molecule has 8 nitrogen and oxygen atoms in total. The van der Waals surface area contributed by atoms with Crippen molar-refractivity contribution in [3.63, 3.8) is 0 Å². The summed E-state index contributed by atoms with van der Waals surface area (Å²) in [6.07, 6.45) is 6.88. The molecule has 3 rings (SSSR count). The van der Waals surface area contributed by atoms with Crippen molar-refractivity contribution < 1.29 is 18.4 Å². The number of likely N-dealkylation sites (N-methyl/N-ethyl adjacent to an activating group) is 1. The van der Waals surface area contributed by atoms with E-state index in [-0.39, 0.29) is 30.5 Å². The molecule has 2 amide bonds. The number of carbonyl (C=O) groups excluding carboxylic acids is 2. The van der Waals surface area contributed by atoms with Crippen LogP contribution in [0.5, 0.6) is 0 Å². The van der Waals surface area contributed by atoms with Crippen LogP contribution < -0.4 is 10.6 Å². The summed E-state index contributed by atoms with van der Waals surface area (Å²) in [6, 6.07) is 3.21. The highest BCUT2D eigenvalue weighted by atomic mass is 19.1. The van der Waals surface area contributed by atoms with Gasteiger partial charge in [0.25, 0.3) is 5.91 Å². The van der Waals surface area contributed by atoms with Crippen molar-refractivity contribution in [2.45, 2.75) is 19.1 Å². The number of amides is 2. The summed E-state index contributed by atoms with van der Waals surface area (Å²) in [6.45, 7) is 0.900. The van der Waals surface area contributed by atoms with Crippen molar-refractivity contribution in [1.29, 1.82) is 0 Å². The Kier molecular flexibility index (Phi) is 6.46. The van der Waals surface area contributed by atoms with Crippen LogP contribution >= 0.6 is 0 Å². The fourth-order valence-electron chi connectivity index (χ4n) is 3.15. The van der Waals surface area contributed by atoms with Gasteiger partial charge in [0.15, 0.2) is 12.0 Å². The summed E-state index contributed by atoms with van der Waals surface area (Å²) in [4.78, 5) is 32.2. The minimum absolute atomic E-state index is 0.0741. The standard InChI is InChI=1S/C19H24FN5O3/c1-24-14(7-10-22-19(24)23-18(27)16-4-2-13-28-16)15-5-6-17(26)21-9-3-11-25(15)12-8-20/h2,4-5,7,10,13,19H,3,6,8-9,11-12H2,1H3,(H,21,26)(H,23,27). The molecule has 2 N–H and O–H groups in total. The molecule has 150 valence electrons. The summed E-state index contributed by atoms with van der Waals surface area (Å²) in [5, 5.41) is 5.63. The maximum atomic E-state index is 13.2. The molecule has 0 fully saturated rings. The molecule has 0 saturated heterocycles. The zero-order valence-electron chi connectivity index (χ0n) is 15.7. The first kappa shape index (κ1) is 19.7. The second-order valence-electron chi connectivity index (χ2n) is 6.46. The molecule has 3 heterocycles. The normalized spacial score (nSPS) is 20.5. The number of hydrogen-bond donors (Lipinski definition) is 2. The third-order valence-electron chi connectivity index (χ3n) is 4.58. The van der Waals surface area contributed by atoms with E-state index in [1.165, 1.54) is 6.26 Å². The van der Waals surface area contributed by atoms with Crippen LogP contribution in [0.2, 0.25) is 0 Å². The van der Waals surface area contributed by atoms with E-state index in [2.05, 4.69) is 15.6 Å². The number of aliphatic imine (C=N–C) groups is 1. The maximum absolute atomic E-state index is 13.2. The highest BCUT2D eigenvalue weighted by Crippen LogP contribution is 2.24. The Morgan fingerprint density at radius 3 is 3.07 bits per heavy atom. The Hall–Kier alpha value is -3.10. The fourth-order valence-corrected chi connectivity index (χ4v) is 3.15. The van der Waals surface area contributed by atoms with E-state index in [0.717, 1.165) is 11.4 Å². The molecule has 1 aromatic rings. The van der Waals surface area contributed by atoms with E-state index >= 15 is 0 Å². The molecule has 0 spiro atoms. The van der Waals surface area contributed by atoms with Crippen LogP contribution in [0.3, 0.4) is 0 Å². The van der Waals surface area contributed by atoms with Gasteiger partial charge in [-0.15, -0.1) is 0 Å². The molecule has 0 bridgehead atoms. The fraction of sp³-hybridized carbons (Fsp3) is 0.421. The Morgan fingerprint density at radius 2 is 2.32 bits per heavy atom. The van der Waals surface area contributed by atoms with E-state index in [1.807, 2.05) is 4.90 Å². The molecule has 1 unspecified atom stereocenters. The van der Waals surface area contributed by atoms with Gasteiger partial charge < -0.3 is 24.9 Å². The van der Waals surface area contributed by atoms with Gasteiger partial charge in [0.05, 0.1) is 17.7 Å². The number of furan rings is 1. The molecule has 1 atom stereocenters. The van der Waals surface area contributed by atoms with E-state index in [1.54, 1.807) is 42.4 Å². The molecule has 0 radical (unpaired) electrons. The van der Waals surface area contributed by atoms with E-state index in [9.17, 15) is 14.0 Å². The van der Waals surface area contributed by atoms with Crippen LogP contribution in [0.25, 0.3) is 0 Å². The zero-order chi connectivity index (χ0) is 19.9. The number of nitrogens with one attached hydrogen (secondary N) is 2. The molecular formula is C19H24FN5O3. The van der Waals surface area contributed by atoms with Gasteiger partial charge in [0.2, 0.25) is 5.91 Å². The predicted octanol–water partition coefficient (Wildman–Crippen LogP) is 1.26. The van der Waals surface area contributed by atoms with Crippen LogP contribution in [0, 0.1) is 0 Å². The maximum Gasteiger partial charge on any atom is 0.290 e. The third-order valence-corrected chi connectivity index (χ3v) is 4.58. The lowest BCUT2D eigenvalue weighted by Crippen LogP contribution is -2.47. The van der Waals surface area contributed by atoms with Crippen molar-refractivity contribution in [2.75, 3.05) is 33.4 Å². The second kappa shape index (κ2) is 9.20. The van der Waals surface area contributed by atoms with Crippen LogP contribution in [0.1, 0.15) is 23.4 Å². The summed E-state index contributed by atoms with van der Waals surface area (Å²) >= 11 is 0. The first-order valence-electron chi connectivity index (χ1n) is 9.19. The van der Waals surface area contributed by atoms with Gasteiger partial charge in [-0.2, -0.15) is 0 Å². The molecule has 2 aliphatic rings. The second-order valence-corrected chi connectivity index (χ2v) is 6.46. The summed E-state index contributed by atoms with van der Waals surface area (Å²) < 4.78 is 18.3. The average molecular weight is 389 g/mol. The minimum Gasteiger partial charge on any atom is -0.459 e. The highest BCUT2D eigenvalue weighted by molar-refractivity contribution is 5.91. The number of alkyl halides is 1. The molecule has 2 aliphatic heterocycles. The summed E-state index contributed by atoms with van der Waals surface area (Å²) in [5.74, 6) is -0.268. The van der Waals surface area contributed by atoms with Crippen molar-refractivity contribution >= 4 is 18.0 Å². The van der Waals surface area contributed by atoms with Crippen molar-refractivity contribution in [3.05, 3.63) is 47.7 Å². The number of allylic oxidation sites excluding steroid dienone is 1. The van der Waals surface area contributed by atoms with Crippen molar-refractivity contribution in [3.8, 4) is 0 Å². The molecule has 28 heavy (non-hydrogen) atoms. The van der Waals surface area contributed by atoms with Gasteiger partial charge in [0.1, 0.15) is 6.67 Å². The van der Waals surface area contributed by atoms with Gasteiger partial charge in [-0.25, -0.2) is 9.38 Å². The number of nitrogens with zero attached hydrogens (tertiary/aromatic N) is 3. The summed E-state index contributed by atoms with van der Waals surface area (Å²) in [7, 11) is 1.79. The molecule has 9 heteroatoms. The largest absolute Gasteiger partial charge is 0.459 e. The quantitative estimate of drug-likeness (QED) is 0.791. The number of rotatable bonds is 5. The van der Waals surface area contributed by atoms with E-state index < -0.39 is 13.0 Å². The number of hydrogen-bond acceptors (Lipinski definition) is 6. The van der Waals surface area contributed by atoms with Crippen molar-refractivity contribution in [2.24, 2.45) is 4.99 Å². The Bertz CT molecular complexity index is 787. The average Bonchev–Trinajstić information content (AvgIpc) is 3.23.